The minimum Gasteiger partial charge on any atom is -0.477 e. The molecule has 3 rings (SSSR count). The molecule has 0 bridgehead atoms. The summed E-state index contributed by atoms with van der Waals surface area (Å²) < 4.78 is 1.46. The van der Waals surface area contributed by atoms with E-state index in [0.717, 1.165) is 4.90 Å². The predicted molar refractivity (Wildman–Crippen MR) is 109 cm³/mol. The number of fused-ring (bicyclic) bond motifs is 1. The Kier molecular flexibility index (Phi) is 6.94. The molecule has 2 aliphatic heterocycles. The zero-order chi connectivity index (χ0) is 22.7. The molecule has 0 aromatic carbocycles. The second-order valence-electron chi connectivity index (χ2n) is 6.39. The third-order valence-corrected chi connectivity index (χ3v) is 6.91. The van der Waals surface area contributed by atoms with Gasteiger partial charge in [-0.1, -0.05) is 23.8 Å². The van der Waals surface area contributed by atoms with Crippen molar-refractivity contribution in [2.24, 2.45) is 12.2 Å². The van der Waals surface area contributed by atoms with Crippen molar-refractivity contribution < 1.29 is 29.1 Å². The quantitative estimate of drug-likeness (QED) is 0.150. The average Bonchev–Trinajstić information content (AvgIpc) is 3.17. The number of oxime groups is 1. The molecule has 2 atom stereocenters. The number of rotatable bonds is 9. The first-order chi connectivity index (χ1) is 14.8. The minimum absolute atomic E-state index is 0.0342. The number of carbonyl (C=O) groups excluding carboxylic acids is 3. The van der Waals surface area contributed by atoms with Crippen LogP contribution in [-0.2, 0) is 31.1 Å². The number of aliphatic carboxylic acids is 1. The van der Waals surface area contributed by atoms with Gasteiger partial charge in [-0.2, -0.15) is 0 Å². The number of nitrogens with one attached hydrogen (secondary N) is 1. The van der Waals surface area contributed by atoms with Gasteiger partial charge < -0.3 is 15.3 Å². The van der Waals surface area contributed by atoms with E-state index in [9.17, 15) is 24.3 Å². The molecule has 2 amide bonds. The molecule has 0 spiro atoms. The van der Waals surface area contributed by atoms with Gasteiger partial charge in [-0.15, -0.1) is 16.9 Å². The van der Waals surface area contributed by atoms with Gasteiger partial charge in [0.05, 0.1) is 0 Å². The average molecular weight is 470 g/mol. The van der Waals surface area contributed by atoms with E-state index in [0.29, 0.717) is 16.5 Å². The molecule has 0 saturated carbocycles. The maximum Gasteiger partial charge on any atom is 0.352 e. The van der Waals surface area contributed by atoms with Crippen LogP contribution in [0.3, 0.4) is 0 Å². The van der Waals surface area contributed by atoms with Gasteiger partial charge in [-0.25, -0.2) is 9.48 Å². The number of amides is 2. The SMILES string of the molecule is CCC(=O)C(=NOC)C(=O)N[C@@H]1C(=O)N2C(C(=O)O)=C(CSc3nnnn3C)CS[C@@H]12. The van der Waals surface area contributed by atoms with Crippen molar-refractivity contribution in [1.29, 1.82) is 0 Å². The van der Waals surface area contributed by atoms with E-state index in [1.807, 2.05) is 0 Å². The van der Waals surface area contributed by atoms with Crippen LogP contribution in [0.25, 0.3) is 0 Å². The van der Waals surface area contributed by atoms with Crippen molar-refractivity contribution in [2.75, 3.05) is 18.6 Å². The molecule has 2 N–H and O–H groups in total. The molecule has 1 saturated heterocycles. The van der Waals surface area contributed by atoms with Crippen LogP contribution in [0.2, 0.25) is 0 Å². The number of hydrogen-bond donors (Lipinski definition) is 2. The summed E-state index contributed by atoms with van der Waals surface area (Å²) in [6.07, 6.45) is 0.0342. The number of carboxylic acid groups (broad SMARTS) is 1. The Morgan fingerprint density at radius 3 is 2.74 bits per heavy atom. The standard InChI is InChI=1S/C16H19N7O6S2/c1-4-8(24)9(19-29-3)12(25)17-10-13(26)23-11(15(27)28)7(5-30-14(10)23)6-31-16-18-20-21-22(16)2/h10,14H,4-6H2,1-3H3,(H,17,25)(H,27,28)/t10-,14+/m1/s1. The van der Waals surface area contributed by atoms with Crippen molar-refractivity contribution in [3.05, 3.63) is 11.3 Å². The Morgan fingerprint density at radius 2 is 2.16 bits per heavy atom. The number of nitrogens with zero attached hydrogens (tertiary/aromatic N) is 6. The van der Waals surface area contributed by atoms with E-state index >= 15 is 0 Å². The molecule has 1 aromatic heterocycles. The van der Waals surface area contributed by atoms with Crippen molar-refractivity contribution in [3.63, 3.8) is 0 Å². The molecule has 0 radical (unpaired) electrons. The van der Waals surface area contributed by atoms with E-state index in [2.05, 4.69) is 30.8 Å². The lowest BCUT2D eigenvalue weighted by Gasteiger charge is -2.49. The fourth-order valence-electron chi connectivity index (χ4n) is 2.98. The fraction of sp³-hybridized carbons (Fsp3) is 0.500. The Balaban J connectivity index is 1.75. The van der Waals surface area contributed by atoms with Crippen LogP contribution in [0.15, 0.2) is 21.6 Å². The maximum atomic E-state index is 12.7. The third kappa shape index (κ3) is 4.41. The van der Waals surface area contributed by atoms with Gasteiger partial charge in [0.2, 0.25) is 10.9 Å². The number of tetrazole rings is 1. The molecule has 0 unspecified atom stereocenters. The maximum absolute atomic E-state index is 12.7. The van der Waals surface area contributed by atoms with Crippen LogP contribution in [0.5, 0.6) is 0 Å². The monoisotopic (exact) mass is 469 g/mol. The largest absolute Gasteiger partial charge is 0.477 e. The van der Waals surface area contributed by atoms with E-state index in [-0.39, 0.29) is 17.9 Å². The number of carboxylic acids is 1. The van der Waals surface area contributed by atoms with Gasteiger partial charge in [0.25, 0.3) is 11.8 Å². The number of Topliss-reactive ketones (excluding diaryl/α,β-unsaturated/α-hetero) is 1. The lowest BCUT2D eigenvalue weighted by Crippen LogP contribution is -2.71. The summed E-state index contributed by atoms with van der Waals surface area (Å²) in [4.78, 5) is 54.6. The highest BCUT2D eigenvalue weighted by atomic mass is 32.2. The highest BCUT2D eigenvalue weighted by Gasteiger charge is 2.54. The fourth-order valence-corrected chi connectivity index (χ4v) is 5.31. The smallest absolute Gasteiger partial charge is 0.352 e. The summed E-state index contributed by atoms with van der Waals surface area (Å²) in [5.74, 6) is -2.57. The number of β-lactam (4-membered cyclic amide) rings is 1. The zero-order valence-electron chi connectivity index (χ0n) is 16.8. The molecule has 2 aliphatic rings. The second kappa shape index (κ2) is 9.47. The van der Waals surface area contributed by atoms with Crippen LogP contribution in [-0.4, -0.2) is 89.5 Å². The summed E-state index contributed by atoms with van der Waals surface area (Å²) in [6, 6.07) is -0.976. The number of hydrogen-bond acceptors (Lipinski definition) is 11. The molecule has 0 aliphatic carbocycles. The van der Waals surface area contributed by atoms with Crippen LogP contribution in [0.4, 0.5) is 0 Å². The number of carbonyl (C=O) groups is 4. The summed E-state index contributed by atoms with van der Waals surface area (Å²) in [6.45, 7) is 1.56. The van der Waals surface area contributed by atoms with Crippen LogP contribution in [0, 0.1) is 0 Å². The van der Waals surface area contributed by atoms with E-state index in [1.165, 1.54) is 35.3 Å². The van der Waals surface area contributed by atoms with Crippen LogP contribution < -0.4 is 5.32 Å². The predicted octanol–water partition coefficient (Wildman–Crippen LogP) is -0.978. The number of thioether (sulfide) groups is 2. The molecular formula is C16H19N7O6S2. The minimum atomic E-state index is -1.24. The topological polar surface area (TPSA) is 169 Å². The lowest BCUT2D eigenvalue weighted by molar-refractivity contribution is -0.150. The van der Waals surface area contributed by atoms with Gasteiger partial charge in [-0.05, 0) is 16.0 Å². The Labute approximate surface area is 184 Å². The van der Waals surface area contributed by atoms with Crippen LogP contribution in [0.1, 0.15) is 13.3 Å². The number of aryl methyl sites for hydroxylation is 1. The third-order valence-electron chi connectivity index (χ3n) is 4.48. The highest BCUT2D eigenvalue weighted by Crippen LogP contribution is 2.41. The first-order valence-electron chi connectivity index (χ1n) is 9.00. The van der Waals surface area contributed by atoms with E-state index in [4.69, 9.17) is 0 Å². The molecule has 1 aromatic rings. The van der Waals surface area contributed by atoms with E-state index < -0.39 is 40.7 Å². The van der Waals surface area contributed by atoms with Crippen molar-refractivity contribution in [1.82, 2.24) is 30.4 Å². The Hall–Kier alpha value is -2.94. The van der Waals surface area contributed by atoms with Crippen LogP contribution >= 0.6 is 23.5 Å². The van der Waals surface area contributed by atoms with Gasteiger partial charge >= 0.3 is 5.97 Å². The highest BCUT2D eigenvalue weighted by molar-refractivity contribution is 8.01. The second-order valence-corrected chi connectivity index (χ2v) is 8.44. The summed E-state index contributed by atoms with van der Waals surface area (Å²) in [5.41, 5.74) is -0.0135. The molecule has 13 nitrogen and oxygen atoms in total. The van der Waals surface area contributed by atoms with Gasteiger partial charge in [0.15, 0.2) is 5.78 Å². The number of ketones is 1. The first kappa shape index (κ1) is 22.7. The molecule has 166 valence electrons. The molecular weight excluding hydrogens is 450 g/mol. The van der Waals surface area contributed by atoms with Crippen molar-refractivity contribution in [2.45, 2.75) is 29.9 Å². The molecule has 15 heteroatoms. The first-order valence-corrected chi connectivity index (χ1v) is 11.0. The van der Waals surface area contributed by atoms with Crippen molar-refractivity contribution in [3.8, 4) is 0 Å². The Morgan fingerprint density at radius 1 is 1.42 bits per heavy atom. The number of aromatic nitrogens is 4. The molecule has 1 fully saturated rings. The molecule has 31 heavy (non-hydrogen) atoms. The normalized spacial score (nSPS) is 20.8. The Bertz CT molecular complexity index is 991. The van der Waals surface area contributed by atoms with Gasteiger partial charge in [0, 0.05) is 25.0 Å². The van der Waals surface area contributed by atoms with Crippen molar-refractivity contribution >= 4 is 52.8 Å². The lowest BCUT2D eigenvalue weighted by atomic mass is 10.0. The summed E-state index contributed by atoms with van der Waals surface area (Å²) >= 11 is 2.57. The summed E-state index contributed by atoms with van der Waals surface area (Å²) in [7, 11) is 2.86. The van der Waals surface area contributed by atoms with E-state index in [1.54, 1.807) is 14.0 Å². The van der Waals surface area contributed by atoms with Gasteiger partial charge in [0.1, 0.15) is 24.2 Å². The van der Waals surface area contributed by atoms with Gasteiger partial charge in [-0.3, -0.25) is 19.3 Å². The summed E-state index contributed by atoms with van der Waals surface area (Å²) in [5, 5.41) is 26.6. The molecule has 3 heterocycles. The zero-order valence-corrected chi connectivity index (χ0v) is 18.4.